The molecule has 0 aromatic heterocycles. The lowest BCUT2D eigenvalue weighted by Crippen LogP contribution is -2.34. The highest BCUT2D eigenvalue weighted by molar-refractivity contribution is 6.33. The number of halogens is 1. The zero-order valence-electron chi connectivity index (χ0n) is 13.2. The summed E-state index contributed by atoms with van der Waals surface area (Å²) < 4.78 is 5.31. The van der Waals surface area contributed by atoms with Crippen molar-refractivity contribution in [2.24, 2.45) is 0 Å². The second-order valence-corrected chi connectivity index (χ2v) is 6.05. The maximum absolute atomic E-state index is 12.1. The molecule has 2 amide bonds. The number of amides is 2. The van der Waals surface area contributed by atoms with E-state index in [4.69, 9.17) is 16.3 Å². The van der Waals surface area contributed by atoms with Crippen LogP contribution in [-0.4, -0.2) is 31.2 Å². The molecule has 6 heteroatoms. The number of nitrogens with one attached hydrogen (secondary N) is 1. The third kappa shape index (κ3) is 3.51. The Hall–Kier alpha value is -2.53. The molecule has 1 saturated heterocycles. The maximum atomic E-state index is 12.1. The fourth-order valence-corrected chi connectivity index (χ4v) is 2.73. The molecule has 1 fully saturated rings. The van der Waals surface area contributed by atoms with Crippen LogP contribution in [0.5, 0.6) is 0 Å². The Morgan fingerprint density at radius 3 is 2.67 bits per heavy atom. The molecule has 1 N–H and O–H groups in total. The van der Waals surface area contributed by atoms with Crippen LogP contribution in [0.25, 0.3) is 0 Å². The van der Waals surface area contributed by atoms with Crippen LogP contribution in [0.1, 0.15) is 15.9 Å². The van der Waals surface area contributed by atoms with Crippen LogP contribution in [0.15, 0.2) is 48.5 Å². The van der Waals surface area contributed by atoms with Crippen LogP contribution in [0.4, 0.5) is 10.5 Å². The van der Waals surface area contributed by atoms with E-state index in [0.717, 1.165) is 11.3 Å². The van der Waals surface area contributed by atoms with Crippen LogP contribution in [0.3, 0.4) is 0 Å². The van der Waals surface area contributed by atoms with Gasteiger partial charge in [-0.3, -0.25) is 9.69 Å². The normalized spacial score (nSPS) is 16.8. The molecule has 0 aliphatic carbocycles. The predicted molar refractivity (Wildman–Crippen MR) is 92.6 cm³/mol. The Kier molecular flexibility index (Phi) is 4.71. The molecule has 0 unspecified atom stereocenters. The molecule has 1 aliphatic heterocycles. The van der Waals surface area contributed by atoms with Crippen LogP contribution in [0, 0.1) is 6.92 Å². The highest BCUT2D eigenvalue weighted by Crippen LogP contribution is 2.22. The number of cyclic esters (lactones) is 1. The summed E-state index contributed by atoms with van der Waals surface area (Å²) in [5.74, 6) is -0.287. The number of rotatable bonds is 4. The number of hydrogen-bond donors (Lipinski definition) is 1. The number of aryl methyl sites for hydroxylation is 1. The summed E-state index contributed by atoms with van der Waals surface area (Å²) in [4.78, 5) is 25.7. The quantitative estimate of drug-likeness (QED) is 0.924. The maximum Gasteiger partial charge on any atom is 0.414 e. The molecule has 0 bridgehead atoms. The summed E-state index contributed by atoms with van der Waals surface area (Å²) in [5.41, 5.74) is 2.30. The molecule has 124 valence electrons. The first-order valence-corrected chi connectivity index (χ1v) is 8.00. The number of hydrogen-bond acceptors (Lipinski definition) is 3. The van der Waals surface area contributed by atoms with Crippen molar-refractivity contribution in [2.45, 2.75) is 13.0 Å². The van der Waals surface area contributed by atoms with Gasteiger partial charge in [0.25, 0.3) is 5.91 Å². The summed E-state index contributed by atoms with van der Waals surface area (Å²) in [6.45, 7) is 2.61. The van der Waals surface area contributed by atoms with Gasteiger partial charge in [0.1, 0.15) is 6.10 Å². The minimum absolute atomic E-state index is 0.234. The number of carbonyl (C=O) groups is 2. The molecule has 5 nitrogen and oxygen atoms in total. The van der Waals surface area contributed by atoms with Gasteiger partial charge >= 0.3 is 6.09 Å². The first-order valence-electron chi connectivity index (χ1n) is 7.62. The number of ether oxygens (including phenoxy) is 1. The zero-order chi connectivity index (χ0) is 17.1. The van der Waals surface area contributed by atoms with Crippen LogP contribution in [-0.2, 0) is 4.74 Å². The van der Waals surface area contributed by atoms with Crippen molar-refractivity contribution in [3.8, 4) is 0 Å². The summed E-state index contributed by atoms with van der Waals surface area (Å²) in [7, 11) is 0. The van der Waals surface area contributed by atoms with Crippen LogP contribution >= 0.6 is 11.6 Å². The van der Waals surface area contributed by atoms with Crippen molar-refractivity contribution in [3.05, 3.63) is 64.7 Å². The first kappa shape index (κ1) is 16.3. The molecule has 0 saturated carbocycles. The Balaban J connectivity index is 1.59. The van der Waals surface area contributed by atoms with E-state index in [1.54, 1.807) is 29.2 Å². The Morgan fingerprint density at radius 1 is 1.25 bits per heavy atom. The van der Waals surface area contributed by atoms with Crippen molar-refractivity contribution < 1.29 is 14.3 Å². The van der Waals surface area contributed by atoms with Gasteiger partial charge in [-0.2, -0.15) is 0 Å². The van der Waals surface area contributed by atoms with Gasteiger partial charge in [-0.15, -0.1) is 0 Å². The molecule has 24 heavy (non-hydrogen) atoms. The van der Waals surface area contributed by atoms with Crippen LogP contribution in [0.2, 0.25) is 5.02 Å². The van der Waals surface area contributed by atoms with Gasteiger partial charge in [0.15, 0.2) is 0 Å². The monoisotopic (exact) mass is 344 g/mol. The molecule has 2 aromatic rings. The fraction of sp³-hybridized carbons (Fsp3) is 0.222. The number of anilines is 1. The average molecular weight is 345 g/mol. The average Bonchev–Trinajstić information content (AvgIpc) is 2.95. The van der Waals surface area contributed by atoms with Gasteiger partial charge in [0.05, 0.1) is 23.7 Å². The largest absolute Gasteiger partial charge is 0.442 e. The summed E-state index contributed by atoms with van der Waals surface area (Å²) in [6, 6.07) is 14.4. The summed E-state index contributed by atoms with van der Waals surface area (Å²) >= 11 is 6.00. The molecule has 1 atom stereocenters. The lowest BCUT2D eigenvalue weighted by atomic mass is 10.2. The molecule has 3 rings (SSSR count). The van der Waals surface area contributed by atoms with Crippen molar-refractivity contribution in [2.75, 3.05) is 18.0 Å². The zero-order valence-corrected chi connectivity index (χ0v) is 13.9. The molecule has 0 spiro atoms. The topological polar surface area (TPSA) is 58.6 Å². The van der Waals surface area contributed by atoms with E-state index in [-0.39, 0.29) is 12.5 Å². The number of nitrogens with zero attached hydrogens (tertiary/aromatic N) is 1. The van der Waals surface area contributed by atoms with E-state index in [2.05, 4.69) is 5.32 Å². The van der Waals surface area contributed by atoms with Crippen molar-refractivity contribution in [1.29, 1.82) is 0 Å². The van der Waals surface area contributed by atoms with E-state index < -0.39 is 12.2 Å². The smallest absolute Gasteiger partial charge is 0.414 e. The van der Waals surface area contributed by atoms with Gasteiger partial charge in [0.2, 0.25) is 0 Å². The SMILES string of the molecule is Cc1ccc(N2C[C@@H](CNC(=O)c3ccccc3Cl)OC2=O)cc1. The van der Waals surface area contributed by atoms with Gasteiger partial charge in [0, 0.05) is 5.69 Å². The second kappa shape index (κ2) is 6.93. The third-order valence-electron chi connectivity index (χ3n) is 3.83. The summed E-state index contributed by atoms with van der Waals surface area (Å²) in [5, 5.41) is 3.14. The lowest BCUT2D eigenvalue weighted by Gasteiger charge is -2.13. The predicted octanol–water partition coefficient (Wildman–Crippen LogP) is 3.40. The first-order chi connectivity index (χ1) is 11.5. The number of carbonyl (C=O) groups excluding carboxylic acids is 2. The van der Waals surface area contributed by atoms with Crippen molar-refractivity contribution in [3.63, 3.8) is 0 Å². The Labute approximate surface area is 145 Å². The molecule has 0 radical (unpaired) electrons. The third-order valence-corrected chi connectivity index (χ3v) is 4.16. The van der Waals surface area contributed by atoms with E-state index in [1.165, 1.54) is 0 Å². The van der Waals surface area contributed by atoms with Crippen molar-refractivity contribution >= 4 is 29.3 Å². The van der Waals surface area contributed by atoms with E-state index in [0.29, 0.717) is 17.1 Å². The highest BCUT2D eigenvalue weighted by Gasteiger charge is 2.32. The Morgan fingerprint density at radius 2 is 1.96 bits per heavy atom. The number of benzene rings is 2. The molecule has 1 aliphatic rings. The van der Waals surface area contributed by atoms with Crippen LogP contribution < -0.4 is 10.2 Å². The van der Waals surface area contributed by atoms with Gasteiger partial charge in [-0.25, -0.2) is 4.79 Å². The molecule has 1 heterocycles. The minimum Gasteiger partial charge on any atom is -0.442 e. The van der Waals surface area contributed by atoms with Gasteiger partial charge < -0.3 is 10.1 Å². The van der Waals surface area contributed by atoms with Crippen molar-refractivity contribution in [1.82, 2.24) is 5.32 Å². The lowest BCUT2D eigenvalue weighted by molar-refractivity contribution is 0.0916. The van der Waals surface area contributed by atoms with Gasteiger partial charge in [-0.05, 0) is 31.2 Å². The van der Waals surface area contributed by atoms with E-state index >= 15 is 0 Å². The molecular formula is C18H17ClN2O3. The fourth-order valence-electron chi connectivity index (χ4n) is 2.51. The standard InChI is InChI=1S/C18H17ClN2O3/c1-12-6-8-13(9-7-12)21-11-14(24-18(21)23)10-20-17(22)15-4-2-3-5-16(15)19/h2-9,14H,10-11H2,1H3,(H,20,22)/t14-/m1/s1. The molecular weight excluding hydrogens is 328 g/mol. The van der Waals surface area contributed by atoms with E-state index in [9.17, 15) is 9.59 Å². The van der Waals surface area contributed by atoms with E-state index in [1.807, 2.05) is 31.2 Å². The summed E-state index contributed by atoms with van der Waals surface area (Å²) in [6.07, 6.45) is -0.805. The second-order valence-electron chi connectivity index (χ2n) is 5.64. The highest BCUT2D eigenvalue weighted by atomic mass is 35.5. The van der Waals surface area contributed by atoms with Gasteiger partial charge in [-0.1, -0.05) is 41.4 Å². The molecule has 2 aromatic carbocycles. The minimum atomic E-state index is -0.407. The Bertz CT molecular complexity index is 761.